The number of urea groups is 1. The number of rotatable bonds is 4. The van der Waals surface area contributed by atoms with Gasteiger partial charge in [-0.3, -0.25) is 9.48 Å². The van der Waals surface area contributed by atoms with Crippen molar-refractivity contribution in [2.24, 2.45) is 13.0 Å². The van der Waals surface area contributed by atoms with E-state index in [0.717, 1.165) is 5.56 Å². The van der Waals surface area contributed by atoms with Crippen LogP contribution in [0, 0.1) is 11.7 Å². The molecule has 25 heavy (non-hydrogen) atoms. The molecule has 0 saturated carbocycles. The molecule has 132 valence electrons. The van der Waals surface area contributed by atoms with E-state index in [1.807, 2.05) is 13.2 Å². The maximum absolute atomic E-state index is 13.0. The molecule has 2 aromatic rings. The number of aryl methyl sites for hydroxylation is 1. The number of carbonyl (C=O) groups excluding carboxylic acids is 2. The predicted molar refractivity (Wildman–Crippen MR) is 90.5 cm³/mol. The summed E-state index contributed by atoms with van der Waals surface area (Å²) in [6.07, 6.45) is 4.81. The first kappa shape index (κ1) is 17.1. The number of amides is 2. The molecule has 0 aliphatic carbocycles. The van der Waals surface area contributed by atoms with E-state index in [9.17, 15) is 14.0 Å². The average Bonchev–Trinajstić information content (AvgIpc) is 3.05. The van der Waals surface area contributed by atoms with Gasteiger partial charge in [-0.15, -0.1) is 0 Å². The number of nitrogens with one attached hydrogen (secondary N) is 1. The van der Waals surface area contributed by atoms with Crippen molar-refractivity contribution in [1.82, 2.24) is 20.0 Å². The minimum atomic E-state index is -0.350. The van der Waals surface area contributed by atoms with Crippen LogP contribution >= 0.6 is 0 Å². The number of aromatic nitrogens is 2. The zero-order valence-corrected chi connectivity index (χ0v) is 14.1. The molecule has 1 saturated heterocycles. The molecule has 1 aliphatic heterocycles. The smallest absolute Gasteiger partial charge is 0.317 e. The van der Waals surface area contributed by atoms with E-state index < -0.39 is 0 Å². The van der Waals surface area contributed by atoms with Crippen LogP contribution in [0.1, 0.15) is 28.8 Å². The number of hydrogen-bond acceptors (Lipinski definition) is 3. The second-order valence-electron chi connectivity index (χ2n) is 6.31. The normalized spacial score (nSPS) is 15.2. The molecule has 0 radical (unpaired) electrons. The molecule has 0 unspecified atom stereocenters. The summed E-state index contributed by atoms with van der Waals surface area (Å²) < 4.78 is 14.6. The lowest BCUT2D eigenvalue weighted by molar-refractivity contribution is 0.0854. The summed E-state index contributed by atoms with van der Waals surface area (Å²) in [6.45, 7) is 1.51. The van der Waals surface area contributed by atoms with E-state index >= 15 is 0 Å². The Bertz CT molecular complexity index is 749. The van der Waals surface area contributed by atoms with Gasteiger partial charge < -0.3 is 10.2 Å². The lowest BCUT2D eigenvalue weighted by atomic mass is 9.89. The topological polar surface area (TPSA) is 67.2 Å². The Morgan fingerprint density at radius 1 is 1.24 bits per heavy atom. The summed E-state index contributed by atoms with van der Waals surface area (Å²) in [4.78, 5) is 26.4. The van der Waals surface area contributed by atoms with Crippen LogP contribution in [0.15, 0.2) is 36.7 Å². The molecule has 1 N–H and O–H groups in total. The van der Waals surface area contributed by atoms with Gasteiger partial charge in [0.2, 0.25) is 0 Å². The summed E-state index contributed by atoms with van der Waals surface area (Å²) >= 11 is 0. The van der Waals surface area contributed by atoms with Gasteiger partial charge >= 0.3 is 6.03 Å². The van der Waals surface area contributed by atoms with Crippen LogP contribution in [-0.4, -0.2) is 39.6 Å². The molecule has 0 atom stereocenters. The van der Waals surface area contributed by atoms with Crippen LogP contribution < -0.4 is 5.32 Å². The highest BCUT2D eigenvalue weighted by Gasteiger charge is 2.27. The monoisotopic (exact) mass is 344 g/mol. The van der Waals surface area contributed by atoms with Crippen LogP contribution in [0.2, 0.25) is 0 Å². The second kappa shape index (κ2) is 7.46. The molecule has 0 bridgehead atoms. The summed E-state index contributed by atoms with van der Waals surface area (Å²) in [5.41, 5.74) is 1.47. The van der Waals surface area contributed by atoms with Gasteiger partial charge in [-0.25, -0.2) is 9.18 Å². The van der Waals surface area contributed by atoms with Gasteiger partial charge in [0.25, 0.3) is 0 Å². The number of benzene rings is 1. The quantitative estimate of drug-likeness (QED) is 0.866. The first-order chi connectivity index (χ1) is 12.0. The largest absolute Gasteiger partial charge is 0.334 e. The van der Waals surface area contributed by atoms with Crippen molar-refractivity contribution in [3.63, 3.8) is 0 Å². The van der Waals surface area contributed by atoms with Gasteiger partial charge in [-0.2, -0.15) is 5.10 Å². The number of hydrogen-bond donors (Lipinski definition) is 1. The van der Waals surface area contributed by atoms with Crippen LogP contribution in [0.4, 0.5) is 9.18 Å². The Hall–Kier alpha value is -2.70. The van der Waals surface area contributed by atoms with Crippen molar-refractivity contribution < 1.29 is 14.0 Å². The highest BCUT2D eigenvalue weighted by Crippen LogP contribution is 2.22. The number of carbonyl (C=O) groups is 2. The number of likely N-dealkylation sites (tertiary alicyclic amines) is 1. The summed E-state index contributed by atoms with van der Waals surface area (Å²) in [6, 6.07) is 5.51. The molecule has 2 heterocycles. The third-order valence-corrected chi connectivity index (χ3v) is 4.48. The highest BCUT2D eigenvalue weighted by molar-refractivity contribution is 5.98. The standard InChI is InChI=1S/C18H21FN4O2/c1-22-12-13(11-21-22)10-20-18(25)23-8-6-15(7-9-23)17(24)14-2-4-16(19)5-3-14/h2-5,11-12,15H,6-10H2,1H3,(H,20,25). The summed E-state index contributed by atoms with van der Waals surface area (Å²) in [7, 11) is 1.83. The number of nitrogens with zero attached hydrogens (tertiary/aromatic N) is 3. The molecule has 1 aromatic carbocycles. The molecular weight excluding hydrogens is 323 g/mol. The fraction of sp³-hybridized carbons (Fsp3) is 0.389. The number of Topliss-reactive ketones (excluding diaryl/α,β-unsaturated/α-hetero) is 1. The van der Waals surface area contributed by atoms with Gasteiger partial charge in [-0.05, 0) is 37.1 Å². The first-order valence-electron chi connectivity index (χ1n) is 8.33. The Kier molecular flexibility index (Phi) is 5.11. The summed E-state index contributed by atoms with van der Waals surface area (Å²) in [5.74, 6) is -0.445. The number of piperidine rings is 1. The van der Waals surface area contributed by atoms with Gasteiger partial charge in [0.1, 0.15) is 5.82 Å². The zero-order chi connectivity index (χ0) is 17.8. The highest BCUT2D eigenvalue weighted by atomic mass is 19.1. The number of halogens is 1. The molecular formula is C18H21FN4O2. The van der Waals surface area contributed by atoms with Gasteiger partial charge in [0.05, 0.1) is 6.20 Å². The van der Waals surface area contributed by atoms with Crippen LogP contribution in [0.3, 0.4) is 0 Å². The average molecular weight is 344 g/mol. The first-order valence-corrected chi connectivity index (χ1v) is 8.33. The number of ketones is 1. The predicted octanol–water partition coefficient (Wildman–Crippen LogP) is 2.36. The van der Waals surface area contributed by atoms with Crippen LogP contribution in [-0.2, 0) is 13.6 Å². The zero-order valence-electron chi connectivity index (χ0n) is 14.1. The van der Waals surface area contributed by atoms with E-state index in [0.29, 0.717) is 38.0 Å². The van der Waals surface area contributed by atoms with Crippen molar-refractivity contribution in [3.05, 3.63) is 53.6 Å². The maximum atomic E-state index is 13.0. The Balaban J connectivity index is 1.48. The molecule has 6 nitrogen and oxygen atoms in total. The third-order valence-electron chi connectivity index (χ3n) is 4.48. The van der Waals surface area contributed by atoms with E-state index in [4.69, 9.17) is 0 Å². The van der Waals surface area contributed by atoms with Crippen molar-refractivity contribution in [3.8, 4) is 0 Å². The van der Waals surface area contributed by atoms with E-state index in [1.54, 1.807) is 15.8 Å². The Morgan fingerprint density at radius 2 is 1.92 bits per heavy atom. The van der Waals surface area contributed by atoms with Gasteiger partial charge in [-0.1, -0.05) is 0 Å². The molecule has 0 spiro atoms. The molecule has 3 rings (SSSR count). The lowest BCUT2D eigenvalue weighted by Crippen LogP contribution is -2.45. The SMILES string of the molecule is Cn1cc(CNC(=O)N2CCC(C(=O)c3ccc(F)cc3)CC2)cn1. The Morgan fingerprint density at radius 3 is 2.52 bits per heavy atom. The molecule has 7 heteroatoms. The summed E-state index contributed by atoms with van der Waals surface area (Å²) in [5, 5.41) is 6.93. The van der Waals surface area contributed by atoms with Gasteiger partial charge in [0.15, 0.2) is 5.78 Å². The van der Waals surface area contributed by atoms with Crippen LogP contribution in [0.5, 0.6) is 0 Å². The fourth-order valence-electron chi connectivity index (χ4n) is 3.05. The van der Waals surface area contributed by atoms with Crippen molar-refractivity contribution in [1.29, 1.82) is 0 Å². The van der Waals surface area contributed by atoms with Crippen molar-refractivity contribution in [2.75, 3.05) is 13.1 Å². The van der Waals surface area contributed by atoms with E-state index in [1.165, 1.54) is 24.3 Å². The molecule has 1 fully saturated rings. The minimum Gasteiger partial charge on any atom is -0.334 e. The van der Waals surface area contributed by atoms with E-state index in [2.05, 4.69) is 10.4 Å². The van der Waals surface area contributed by atoms with Crippen molar-refractivity contribution in [2.45, 2.75) is 19.4 Å². The third kappa shape index (κ3) is 4.23. The molecule has 1 aromatic heterocycles. The van der Waals surface area contributed by atoms with E-state index in [-0.39, 0.29) is 23.5 Å². The molecule has 2 amide bonds. The Labute approximate surface area is 145 Å². The molecule has 1 aliphatic rings. The second-order valence-corrected chi connectivity index (χ2v) is 6.31. The maximum Gasteiger partial charge on any atom is 0.317 e. The fourth-order valence-corrected chi connectivity index (χ4v) is 3.05. The van der Waals surface area contributed by atoms with Crippen molar-refractivity contribution >= 4 is 11.8 Å². The lowest BCUT2D eigenvalue weighted by Gasteiger charge is -2.31. The van der Waals surface area contributed by atoms with Gasteiger partial charge in [0, 0.05) is 49.9 Å². The van der Waals surface area contributed by atoms with Crippen LogP contribution in [0.25, 0.3) is 0 Å². The minimum absolute atomic E-state index is 0.0235.